The van der Waals surface area contributed by atoms with Gasteiger partial charge in [-0.25, -0.2) is 0 Å². The van der Waals surface area contributed by atoms with Crippen LogP contribution in [0.15, 0.2) is 0 Å². The van der Waals surface area contributed by atoms with Crippen LogP contribution in [0.4, 0.5) is 0 Å². The van der Waals surface area contributed by atoms with E-state index in [1.807, 2.05) is 0 Å². The average molecular weight is 244 g/mol. The van der Waals surface area contributed by atoms with Gasteiger partial charge in [0.2, 0.25) is 0 Å². The van der Waals surface area contributed by atoms with Crippen molar-refractivity contribution in [2.75, 3.05) is 32.4 Å². The van der Waals surface area contributed by atoms with E-state index in [1.165, 1.54) is 51.1 Å². The average Bonchev–Trinajstić information content (AvgIpc) is 2.30. The Labute approximate surface area is 106 Å². The molecule has 0 aromatic rings. The summed E-state index contributed by atoms with van der Waals surface area (Å²) in [6, 6.07) is 0.749. The molecule has 1 unspecified atom stereocenters. The van der Waals surface area contributed by atoms with Gasteiger partial charge in [-0.1, -0.05) is 13.3 Å². The number of hydrogen-bond donors (Lipinski definition) is 1. The molecule has 96 valence electrons. The molecule has 0 aromatic heterocycles. The highest BCUT2D eigenvalue weighted by molar-refractivity contribution is 7.99. The summed E-state index contributed by atoms with van der Waals surface area (Å²) in [6.07, 6.45) is 5.35. The van der Waals surface area contributed by atoms with Crippen LogP contribution in [0.5, 0.6) is 0 Å². The zero-order valence-electron chi connectivity index (χ0n) is 11.2. The van der Waals surface area contributed by atoms with Crippen molar-refractivity contribution in [3.05, 3.63) is 0 Å². The monoisotopic (exact) mass is 244 g/mol. The first-order chi connectivity index (χ1) is 7.74. The summed E-state index contributed by atoms with van der Waals surface area (Å²) in [5, 5.41) is 4.34. The summed E-state index contributed by atoms with van der Waals surface area (Å²) < 4.78 is 0. The molecule has 0 radical (unpaired) electrons. The van der Waals surface area contributed by atoms with Crippen molar-refractivity contribution in [3.63, 3.8) is 0 Å². The fraction of sp³-hybridized carbons (Fsp3) is 1.00. The Morgan fingerprint density at radius 1 is 1.38 bits per heavy atom. The number of nitrogens with zero attached hydrogens (tertiary/aromatic N) is 1. The number of nitrogens with one attached hydrogen (secondary N) is 1. The lowest BCUT2D eigenvalue weighted by molar-refractivity contribution is 0.259. The van der Waals surface area contributed by atoms with Crippen molar-refractivity contribution >= 4 is 11.8 Å². The van der Waals surface area contributed by atoms with E-state index in [2.05, 4.69) is 42.9 Å². The predicted octanol–water partition coefficient (Wildman–Crippen LogP) is 2.59. The van der Waals surface area contributed by atoms with Gasteiger partial charge in [0.05, 0.1) is 0 Å². The summed E-state index contributed by atoms with van der Waals surface area (Å²) in [7, 11) is 2.27. The summed E-state index contributed by atoms with van der Waals surface area (Å²) in [5.74, 6) is 1.30. The molecule has 1 aliphatic rings. The van der Waals surface area contributed by atoms with Gasteiger partial charge in [0.15, 0.2) is 0 Å². The molecule has 0 amide bonds. The van der Waals surface area contributed by atoms with Crippen molar-refractivity contribution in [3.8, 4) is 0 Å². The van der Waals surface area contributed by atoms with Gasteiger partial charge >= 0.3 is 0 Å². The lowest BCUT2D eigenvalue weighted by Gasteiger charge is -2.26. The second kappa shape index (κ2) is 8.37. The minimum atomic E-state index is 0.749. The second-order valence-electron chi connectivity index (χ2n) is 4.94. The molecule has 1 atom stereocenters. The molecule has 0 aromatic carbocycles. The van der Waals surface area contributed by atoms with Crippen molar-refractivity contribution < 1.29 is 0 Å². The lowest BCUT2D eigenvalue weighted by atomic mass is 10.2. The molecule has 1 rings (SSSR count). The number of rotatable bonds is 7. The minimum absolute atomic E-state index is 0.749. The van der Waals surface area contributed by atoms with Crippen LogP contribution < -0.4 is 5.32 Å². The first kappa shape index (κ1) is 14.3. The Hall–Kier alpha value is 0.270. The van der Waals surface area contributed by atoms with E-state index in [0.717, 1.165) is 11.3 Å². The van der Waals surface area contributed by atoms with Crippen LogP contribution in [0.25, 0.3) is 0 Å². The molecule has 0 spiro atoms. The van der Waals surface area contributed by atoms with E-state index in [0.29, 0.717) is 0 Å². The van der Waals surface area contributed by atoms with E-state index < -0.39 is 0 Å². The Morgan fingerprint density at radius 2 is 2.06 bits per heavy atom. The Bertz CT molecular complexity index is 169. The quantitative estimate of drug-likeness (QED) is 0.741. The molecular weight excluding hydrogens is 216 g/mol. The molecule has 16 heavy (non-hydrogen) atoms. The summed E-state index contributed by atoms with van der Waals surface area (Å²) >= 11 is 2.18. The number of hydrogen-bond acceptors (Lipinski definition) is 3. The van der Waals surface area contributed by atoms with Gasteiger partial charge in [0, 0.05) is 23.6 Å². The van der Waals surface area contributed by atoms with Gasteiger partial charge < -0.3 is 10.2 Å². The highest BCUT2D eigenvalue weighted by Crippen LogP contribution is 2.20. The Balaban J connectivity index is 2.04. The Kier molecular flexibility index (Phi) is 7.50. The molecular formula is C13H28N2S. The largest absolute Gasteiger partial charge is 0.317 e. The highest BCUT2D eigenvalue weighted by Gasteiger charge is 2.14. The van der Waals surface area contributed by atoms with Crippen LogP contribution in [-0.4, -0.2) is 48.6 Å². The minimum Gasteiger partial charge on any atom is -0.317 e. The van der Waals surface area contributed by atoms with Crippen LogP contribution >= 0.6 is 11.8 Å². The summed E-state index contributed by atoms with van der Waals surface area (Å²) in [6.45, 7) is 8.31. The van der Waals surface area contributed by atoms with Gasteiger partial charge in [0.25, 0.3) is 0 Å². The van der Waals surface area contributed by atoms with E-state index in [4.69, 9.17) is 0 Å². The topological polar surface area (TPSA) is 15.3 Å². The van der Waals surface area contributed by atoms with Crippen LogP contribution in [-0.2, 0) is 0 Å². The van der Waals surface area contributed by atoms with Gasteiger partial charge in [0.1, 0.15) is 0 Å². The molecule has 2 nitrogen and oxygen atoms in total. The lowest BCUT2D eigenvalue weighted by Crippen LogP contribution is -2.32. The van der Waals surface area contributed by atoms with Crippen LogP contribution in [0.2, 0.25) is 0 Å². The zero-order valence-corrected chi connectivity index (χ0v) is 12.0. The summed E-state index contributed by atoms with van der Waals surface area (Å²) in [4.78, 5) is 2.51. The number of piperidine rings is 1. The van der Waals surface area contributed by atoms with Crippen LogP contribution in [0.3, 0.4) is 0 Å². The Morgan fingerprint density at radius 3 is 2.69 bits per heavy atom. The van der Waals surface area contributed by atoms with Crippen LogP contribution in [0, 0.1) is 0 Å². The molecule has 0 aliphatic carbocycles. The third-order valence-corrected chi connectivity index (χ3v) is 4.90. The van der Waals surface area contributed by atoms with Crippen molar-refractivity contribution in [2.24, 2.45) is 0 Å². The van der Waals surface area contributed by atoms with E-state index in [9.17, 15) is 0 Å². The molecule has 0 saturated carbocycles. The van der Waals surface area contributed by atoms with E-state index >= 15 is 0 Å². The molecule has 1 fully saturated rings. The highest BCUT2D eigenvalue weighted by atomic mass is 32.2. The molecule has 1 saturated heterocycles. The van der Waals surface area contributed by atoms with Gasteiger partial charge in [-0.2, -0.15) is 11.8 Å². The molecule has 3 heteroatoms. The zero-order chi connectivity index (χ0) is 11.8. The van der Waals surface area contributed by atoms with Crippen LogP contribution in [0.1, 0.15) is 39.5 Å². The molecule has 0 bridgehead atoms. The van der Waals surface area contributed by atoms with Crippen molar-refractivity contribution in [1.29, 1.82) is 0 Å². The maximum atomic E-state index is 3.43. The van der Waals surface area contributed by atoms with Gasteiger partial charge in [-0.3, -0.25) is 0 Å². The third kappa shape index (κ3) is 5.55. The summed E-state index contributed by atoms with van der Waals surface area (Å²) in [5.41, 5.74) is 0. The SMILES string of the molecule is CCCC(C)N(C)CCSC1CCNCC1. The third-order valence-electron chi connectivity index (χ3n) is 3.54. The first-order valence-electron chi connectivity index (χ1n) is 6.76. The standard InChI is InChI=1S/C13H28N2S/c1-4-5-12(2)15(3)10-11-16-13-6-8-14-9-7-13/h12-14H,4-11H2,1-3H3. The van der Waals surface area contributed by atoms with Crippen molar-refractivity contribution in [2.45, 2.75) is 50.8 Å². The maximum Gasteiger partial charge on any atom is 0.00722 e. The van der Waals surface area contributed by atoms with Gasteiger partial charge in [-0.05, 0) is 46.3 Å². The normalized spacial score (nSPS) is 20.2. The van der Waals surface area contributed by atoms with E-state index in [1.54, 1.807) is 0 Å². The smallest absolute Gasteiger partial charge is 0.00722 e. The molecule has 1 heterocycles. The molecule has 1 aliphatic heterocycles. The van der Waals surface area contributed by atoms with Gasteiger partial charge in [-0.15, -0.1) is 0 Å². The fourth-order valence-electron chi connectivity index (χ4n) is 2.18. The number of thioether (sulfide) groups is 1. The van der Waals surface area contributed by atoms with Crippen molar-refractivity contribution in [1.82, 2.24) is 10.2 Å². The predicted molar refractivity (Wildman–Crippen MR) is 75.3 cm³/mol. The first-order valence-corrected chi connectivity index (χ1v) is 7.81. The second-order valence-corrected chi connectivity index (χ2v) is 6.35. The molecule has 1 N–H and O–H groups in total. The van der Waals surface area contributed by atoms with E-state index in [-0.39, 0.29) is 0 Å². The fourth-order valence-corrected chi connectivity index (χ4v) is 3.48. The maximum absolute atomic E-state index is 3.43.